The van der Waals surface area contributed by atoms with Gasteiger partial charge in [-0.15, -0.1) is 0 Å². The van der Waals surface area contributed by atoms with Crippen molar-refractivity contribution in [3.05, 3.63) is 11.1 Å². The highest BCUT2D eigenvalue weighted by Gasteiger charge is 2.22. The second kappa shape index (κ2) is 4.66. The SMILES string of the molecule is CC=C(Cl)C(C#N)O[Si](C)(C)C. The first-order valence-electron chi connectivity index (χ1n) is 3.80. The van der Waals surface area contributed by atoms with Gasteiger partial charge in [0.25, 0.3) is 0 Å². The topological polar surface area (TPSA) is 33.0 Å². The molecule has 0 aliphatic rings. The van der Waals surface area contributed by atoms with Crippen molar-refractivity contribution in [3.8, 4) is 6.07 Å². The molecule has 0 aromatic heterocycles. The molecule has 0 aromatic carbocycles. The second-order valence-corrected chi connectivity index (χ2v) is 8.31. The lowest BCUT2D eigenvalue weighted by Gasteiger charge is -2.20. The summed E-state index contributed by atoms with van der Waals surface area (Å²) in [5, 5.41) is 9.18. The molecule has 0 amide bonds. The lowest BCUT2D eigenvalue weighted by molar-refractivity contribution is 0.291. The number of halogens is 1. The zero-order chi connectivity index (χ0) is 9.78. The second-order valence-electron chi connectivity index (χ2n) is 3.41. The van der Waals surface area contributed by atoms with E-state index >= 15 is 0 Å². The van der Waals surface area contributed by atoms with Gasteiger partial charge in [-0.2, -0.15) is 5.26 Å². The van der Waals surface area contributed by atoms with Crippen LogP contribution in [0.3, 0.4) is 0 Å². The van der Waals surface area contributed by atoms with Crippen molar-refractivity contribution in [2.75, 3.05) is 0 Å². The van der Waals surface area contributed by atoms with E-state index in [2.05, 4.69) is 0 Å². The fourth-order valence-electron chi connectivity index (χ4n) is 0.649. The van der Waals surface area contributed by atoms with Crippen molar-refractivity contribution in [1.82, 2.24) is 0 Å². The number of rotatable bonds is 3. The smallest absolute Gasteiger partial charge is 0.186 e. The molecule has 0 radical (unpaired) electrons. The van der Waals surface area contributed by atoms with E-state index in [9.17, 15) is 0 Å². The van der Waals surface area contributed by atoms with Crippen molar-refractivity contribution in [1.29, 1.82) is 5.26 Å². The maximum atomic E-state index is 8.71. The van der Waals surface area contributed by atoms with E-state index in [1.54, 1.807) is 13.0 Å². The largest absolute Gasteiger partial charge is 0.398 e. The van der Waals surface area contributed by atoms with Gasteiger partial charge in [-0.05, 0) is 26.6 Å². The number of hydrogen-bond donors (Lipinski definition) is 0. The average Bonchev–Trinajstić information content (AvgIpc) is 1.97. The van der Waals surface area contributed by atoms with Crippen LogP contribution < -0.4 is 0 Å². The van der Waals surface area contributed by atoms with Crippen LogP contribution in [0.4, 0.5) is 0 Å². The third-order valence-electron chi connectivity index (χ3n) is 1.11. The highest BCUT2D eigenvalue weighted by atomic mass is 35.5. The quantitative estimate of drug-likeness (QED) is 0.661. The third-order valence-corrected chi connectivity index (χ3v) is 2.47. The molecule has 1 unspecified atom stereocenters. The lowest BCUT2D eigenvalue weighted by atomic mass is 10.3. The van der Waals surface area contributed by atoms with Crippen molar-refractivity contribution in [2.24, 2.45) is 0 Å². The van der Waals surface area contributed by atoms with Gasteiger partial charge in [0.1, 0.15) is 0 Å². The van der Waals surface area contributed by atoms with E-state index in [1.807, 2.05) is 25.7 Å². The average molecular weight is 204 g/mol. The van der Waals surface area contributed by atoms with E-state index in [4.69, 9.17) is 21.3 Å². The summed E-state index contributed by atoms with van der Waals surface area (Å²) in [7, 11) is -1.67. The molecule has 68 valence electrons. The predicted molar refractivity (Wildman–Crippen MR) is 53.4 cm³/mol. The Kier molecular flexibility index (Phi) is 4.54. The Bertz CT molecular complexity index is 214. The molecule has 4 heteroatoms. The van der Waals surface area contributed by atoms with Gasteiger partial charge in [-0.1, -0.05) is 17.7 Å². The molecule has 0 aromatic rings. The molecular formula is C8H14ClNOSi. The highest BCUT2D eigenvalue weighted by Crippen LogP contribution is 2.16. The number of hydrogen-bond acceptors (Lipinski definition) is 2. The normalized spacial score (nSPS) is 15.5. The molecule has 0 rings (SSSR count). The van der Waals surface area contributed by atoms with E-state index in [-0.39, 0.29) is 0 Å². The third kappa shape index (κ3) is 4.55. The van der Waals surface area contributed by atoms with Crippen LogP contribution in [0.5, 0.6) is 0 Å². The molecule has 0 bridgehead atoms. The number of allylic oxidation sites excluding steroid dienone is 1. The molecule has 0 N–H and O–H groups in total. The van der Waals surface area contributed by atoms with Crippen molar-refractivity contribution < 1.29 is 4.43 Å². The van der Waals surface area contributed by atoms with Crippen molar-refractivity contribution >= 4 is 19.9 Å². The van der Waals surface area contributed by atoms with E-state index < -0.39 is 14.4 Å². The highest BCUT2D eigenvalue weighted by molar-refractivity contribution is 6.69. The van der Waals surface area contributed by atoms with E-state index in [0.717, 1.165) is 0 Å². The zero-order valence-electron chi connectivity index (χ0n) is 7.89. The summed E-state index contributed by atoms with van der Waals surface area (Å²) >= 11 is 5.77. The Hall–Kier alpha value is -0.303. The van der Waals surface area contributed by atoms with Gasteiger partial charge >= 0.3 is 0 Å². The number of nitriles is 1. The first-order valence-corrected chi connectivity index (χ1v) is 7.58. The summed E-state index contributed by atoms with van der Waals surface area (Å²) < 4.78 is 5.52. The first-order chi connectivity index (χ1) is 5.40. The summed E-state index contributed by atoms with van der Waals surface area (Å²) in [5.74, 6) is 0. The van der Waals surface area contributed by atoms with Crippen LogP contribution in [-0.2, 0) is 4.43 Å². The summed E-state index contributed by atoms with van der Waals surface area (Å²) in [6.07, 6.45) is 1.11. The maximum Gasteiger partial charge on any atom is 0.186 e. The molecule has 2 nitrogen and oxygen atoms in total. The first kappa shape index (κ1) is 11.7. The molecule has 0 aliphatic heterocycles. The van der Waals surface area contributed by atoms with E-state index in [1.165, 1.54) is 0 Å². The molecule has 0 heterocycles. The lowest BCUT2D eigenvalue weighted by Crippen LogP contribution is -2.31. The monoisotopic (exact) mass is 203 g/mol. The maximum absolute atomic E-state index is 8.71. The summed E-state index contributed by atoms with van der Waals surface area (Å²) in [5.41, 5.74) is 0. The van der Waals surface area contributed by atoms with Gasteiger partial charge < -0.3 is 4.43 Å². The summed E-state index contributed by atoms with van der Waals surface area (Å²) in [6.45, 7) is 7.87. The molecule has 0 saturated carbocycles. The van der Waals surface area contributed by atoms with Gasteiger partial charge in [-0.3, -0.25) is 0 Å². The minimum atomic E-state index is -1.67. The standard InChI is InChI=1S/C8H14ClNOSi/c1-5-7(9)8(6-10)11-12(2,3)4/h5,8H,1-4H3. The Labute approximate surface area is 79.9 Å². The van der Waals surface area contributed by atoms with Gasteiger partial charge in [-0.25, -0.2) is 0 Å². The molecule has 1 atom stereocenters. The Morgan fingerprint density at radius 2 is 2.08 bits per heavy atom. The van der Waals surface area contributed by atoms with Crippen molar-refractivity contribution in [2.45, 2.75) is 32.7 Å². The molecule has 0 fully saturated rings. The fraction of sp³-hybridized carbons (Fsp3) is 0.625. The van der Waals surface area contributed by atoms with Crippen molar-refractivity contribution in [3.63, 3.8) is 0 Å². The summed E-state index contributed by atoms with van der Waals surface area (Å²) in [6, 6.07) is 2.02. The van der Waals surface area contributed by atoms with Gasteiger partial charge in [0.2, 0.25) is 0 Å². The van der Waals surface area contributed by atoms with Crippen LogP contribution in [0.25, 0.3) is 0 Å². The fourth-order valence-corrected chi connectivity index (χ4v) is 1.70. The van der Waals surface area contributed by atoms with Gasteiger partial charge in [0, 0.05) is 0 Å². The molecule has 0 spiro atoms. The Balaban J connectivity index is 4.32. The minimum Gasteiger partial charge on any atom is -0.398 e. The summed E-state index contributed by atoms with van der Waals surface area (Å²) in [4.78, 5) is 0. The zero-order valence-corrected chi connectivity index (χ0v) is 9.64. The molecule has 12 heavy (non-hydrogen) atoms. The van der Waals surface area contributed by atoms with Crippen LogP contribution in [0.15, 0.2) is 11.1 Å². The minimum absolute atomic E-state index is 0.472. The van der Waals surface area contributed by atoms with Crippen LogP contribution in [0, 0.1) is 11.3 Å². The molecular weight excluding hydrogens is 190 g/mol. The van der Waals surface area contributed by atoms with Gasteiger partial charge in [0.15, 0.2) is 14.4 Å². The van der Waals surface area contributed by atoms with E-state index in [0.29, 0.717) is 5.03 Å². The molecule has 0 aliphatic carbocycles. The Morgan fingerprint density at radius 1 is 1.58 bits per heavy atom. The Morgan fingerprint density at radius 3 is 2.33 bits per heavy atom. The predicted octanol–water partition coefficient (Wildman–Crippen LogP) is 2.87. The van der Waals surface area contributed by atoms with Crippen LogP contribution in [0.2, 0.25) is 19.6 Å². The van der Waals surface area contributed by atoms with Gasteiger partial charge in [0.05, 0.1) is 11.1 Å². The molecule has 0 saturated heterocycles. The number of nitrogens with zero attached hydrogens (tertiary/aromatic N) is 1. The van der Waals surface area contributed by atoms with Crippen LogP contribution >= 0.6 is 11.6 Å². The van der Waals surface area contributed by atoms with Crippen LogP contribution in [0.1, 0.15) is 6.92 Å². The van der Waals surface area contributed by atoms with Crippen LogP contribution in [-0.4, -0.2) is 14.4 Å².